The first-order valence-electron chi connectivity index (χ1n) is 22.9. The molecule has 4 nitrogen and oxygen atoms in total. The van der Waals surface area contributed by atoms with Crippen LogP contribution in [0.1, 0.15) is 258 Å². The molecule has 50 heavy (non-hydrogen) atoms. The Morgan fingerprint density at radius 3 is 1.04 bits per heavy atom. The van der Waals surface area contributed by atoms with Gasteiger partial charge in [-0.1, -0.05) is 244 Å². The molecule has 0 heterocycles. The molecule has 0 saturated heterocycles. The molecule has 4 heteroatoms. The SMILES string of the molecule is CCCCCCCCCCCCCCCCCCCCC/C=C/[C@@H](O)[C@H](CO)NC(=O)CCCCCCCCCCCCCCCCCCC. The van der Waals surface area contributed by atoms with Gasteiger partial charge in [-0.2, -0.15) is 0 Å². The van der Waals surface area contributed by atoms with Crippen LogP contribution in [-0.2, 0) is 4.79 Å². The van der Waals surface area contributed by atoms with Crippen molar-refractivity contribution < 1.29 is 15.0 Å². The van der Waals surface area contributed by atoms with Gasteiger partial charge in [-0.15, -0.1) is 0 Å². The molecule has 0 aliphatic carbocycles. The summed E-state index contributed by atoms with van der Waals surface area (Å²) in [4.78, 5) is 12.4. The van der Waals surface area contributed by atoms with Crippen molar-refractivity contribution in [2.75, 3.05) is 6.61 Å². The highest BCUT2D eigenvalue weighted by molar-refractivity contribution is 5.76. The van der Waals surface area contributed by atoms with Crippen LogP contribution in [0.3, 0.4) is 0 Å². The number of aliphatic hydroxyl groups excluding tert-OH is 2. The van der Waals surface area contributed by atoms with Crippen molar-refractivity contribution >= 4 is 5.91 Å². The first-order valence-corrected chi connectivity index (χ1v) is 22.9. The molecule has 0 rings (SSSR count). The van der Waals surface area contributed by atoms with Crippen LogP contribution in [0.4, 0.5) is 0 Å². The number of unbranched alkanes of at least 4 members (excludes halogenated alkanes) is 35. The number of allylic oxidation sites excluding steroid dienone is 1. The molecule has 0 radical (unpaired) electrons. The Labute approximate surface area is 314 Å². The van der Waals surface area contributed by atoms with Crippen molar-refractivity contribution in [3.8, 4) is 0 Å². The molecule has 0 aromatic rings. The Balaban J connectivity index is 3.51. The summed E-state index contributed by atoms with van der Waals surface area (Å²) < 4.78 is 0. The van der Waals surface area contributed by atoms with Gasteiger partial charge in [0.15, 0.2) is 0 Å². The zero-order valence-electron chi connectivity index (χ0n) is 34.2. The Bertz CT molecular complexity index is 680. The molecule has 2 atom stereocenters. The largest absolute Gasteiger partial charge is 0.394 e. The summed E-state index contributed by atoms with van der Waals surface area (Å²) in [6.45, 7) is 4.33. The van der Waals surface area contributed by atoms with Crippen LogP contribution in [0.15, 0.2) is 12.2 Å². The predicted molar refractivity (Wildman–Crippen MR) is 221 cm³/mol. The van der Waals surface area contributed by atoms with Gasteiger partial charge in [-0.3, -0.25) is 4.79 Å². The normalized spacial score (nSPS) is 13.0. The maximum absolute atomic E-state index is 12.4. The smallest absolute Gasteiger partial charge is 0.220 e. The van der Waals surface area contributed by atoms with E-state index in [0.29, 0.717) is 6.42 Å². The van der Waals surface area contributed by atoms with Crippen molar-refractivity contribution in [2.24, 2.45) is 0 Å². The fraction of sp³-hybridized carbons (Fsp3) is 0.935. The van der Waals surface area contributed by atoms with Crippen LogP contribution in [0, 0.1) is 0 Å². The van der Waals surface area contributed by atoms with Crippen molar-refractivity contribution in [3.63, 3.8) is 0 Å². The van der Waals surface area contributed by atoms with Crippen LogP contribution in [0.2, 0.25) is 0 Å². The van der Waals surface area contributed by atoms with Crippen LogP contribution in [0.5, 0.6) is 0 Å². The zero-order valence-corrected chi connectivity index (χ0v) is 34.2. The number of amides is 1. The lowest BCUT2D eigenvalue weighted by Gasteiger charge is -2.20. The average Bonchev–Trinajstić information content (AvgIpc) is 3.12. The van der Waals surface area contributed by atoms with Gasteiger partial charge < -0.3 is 15.5 Å². The summed E-state index contributed by atoms with van der Waals surface area (Å²) in [7, 11) is 0. The Morgan fingerprint density at radius 2 is 0.740 bits per heavy atom. The molecule has 0 aromatic carbocycles. The van der Waals surface area contributed by atoms with E-state index in [9.17, 15) is 15.0 Å². The van der Waals surface area contributed by atoms with Crippen LogP contribution >= 0.6 is 0 Å². The van der Waals surface area contributed by atoms with Crippen LogP contribution < -0.4 is 5.32 Å². The molecular weight excluding hydrogens is 615 g/mol. The van der Waals surface area contributed by atoms with E-state index in [1.54, 1.807) is 6.08 Å². The molecule has 0 bridgehead atoms. The van der Waals surface area contributed by atoms with Gasteiger partial charge in [-0.05, 0) is 19.3 Å². The molecule has 3 N–H and O–H groups in total. The monoisotopic (exact) mass is 706 g/mol. The van der Waals surface area contributed by atoms with E-state index >= 15 is 0 Å². The molecule has 0 aliphatic rings. The highest BCUT2D eigenvalue weighted by atomic mass is 16.3. The van der Waals surface area contributed by atoms with E-state index in [2.05, 4.69) is 19.2 Å². The van der Waals surface area contributed by atoms with Gasteiger partial charge in [0, 0.05) is 6.42 Å². The van der Waals surface area contributed by atoms with Gasteiger partial charge in [0.05, 0.1) is 18.8 Å². The van der Waals surface area contributed by atoms with E-state index in [-0.39, 0.29) is 12.5 Å². The van der Waals surface area contributed by atoms with Gasteiger partial charge in [0.1, 0.15) is 0 Å². The second-order valence-corrected chi connectivity index (χ2v) is 15.8. The minimum absolute atomic E-state index is 0.0590. The van der Waals surface area contributed by atoms with E-state index in [1.807, 2.05) is 6.08 Å². The van der Waals surface area contributed by atoms with Gasteiger partial charge in [-0.25, -0.2) is 0 Å². The summed E-state index contributed by atoms with van der Waals surface area (Å²) >= 11 is 0. The van der Waals surface area contributed by atoms with E-state index in [4.69, 9.17) is 0 Å². The zero-order chi connectivity index (χ0) is 36.4. The molecule has 0 aliphatic heterocycles. The molecule has 298 valence electrons. The first-order chi connectivity index (χ1) is 24.7. The number of hydrogen-bond donors (Lipinski definition) is 3. The summed E-state index contributed by atoms with van der Waals surface area (Å²) in [6, 6.07) is -0.616. The molecule has 0 unspecified atom stereocenters. The molecule has 0 fully saturated rings. The molecule has 0 saturated carbocycles. The molecule has 0 spiro atoms. The van der Waals surface area contributed by atoms with Gasteiger partial charge >= 0.3 is 0 Å². The van der Waals surface area contributed by atoms with Crippen LogP contribution in [-0.4, -0.2) is 34.9 Å². The third-order valence-electron chi connectivity index (χ3n) is 10.8. The molecule has 1 amide bonds. The molecular formula is C46H91NO3. The number of carbonyl (C=O) groups excluding carboxylic acids is 1. The summed E-state index contributed by atoms with van der Waals surface area (Å²) in [5.41, 5.74) is 0. The predicted octanol–water partition coefficient (Wildman–Crippen LogP) is 14.2. The maximum atomic E-state index is 12.4. The van der Waals surface area contributed by atoms with Crippen molar-refractivity contribution in [3.05, 3.63) is 12.2 Å². The number of carbonyl (C=O) groups is 1. The lowest BCUT2D eigenvalue weighted by molar-refractivity contribution is -0.123. The lowest BCUT2D eigenvalue weighted by atomic mass is 10.0. The minimum Gasteiger partial charge on any atom is -0.394 e. The van der Waals surface area contributed by atoms with E-state index < -0.39 is 12.1 Å². The quantitative estimate of drug-likeness (QED) is 0.0437. The fourth-order valence-corrected chi connectivity index (χ4v) is 7.24. The van der Waals surface area contributed by atoms with Gasteiger partial charge in [0.25, 0.3) is 0 Å². The minimum atomic E-state index is -0.834. The third kappa shape index (κ3) is 38.4. The van der Waals surface area contributed by atoms with Crippen molar-refractivity contribution in [1.82, 2.24) is 5.32 Å². The summed E-state index contributed by atoms with van der Waals surface area (Å²) in [5, 5.41) is 23.0. The summed E-state index contributed by atoms with van der Waals surface area (Å²) in [5.74, 6) is -0.0590. The standard InChI is InChI=1S/C46H91NO3/c1-3-5-7-9-11-13-15-17-19-21-22-23-24-26-27-29-31-33-35-37-39-41-45(49)44(43-48)47-46(50)42-40-38-36-34-32-30-28-25-20-18-16-14-12-10-8-6-4-2/h39,41,44-45,48-49H,3-38,40,42-43H2,1-2H3,(H,47,50)/b41-39+/t44-,45+/m0/s1. The van der Waals surface area contributed by atoms with Crippen molar-refractivity contribution in [1.29, 1.82) is 0 Å². The third-order valence-corrected chi connectivity index (χ3v) is 10.8. The van der Waals surface area contributed by atoms with Gasteiger partial charge in [0.2, 0.25) is 5.91 Å². The Hall–Kier alpha value is -0.870. The highest BCUT2D eigenvalue weighted by Crippen LogP contribution is 2.16. The van der Waals surface area contributed by atoms with Crippen LogP contribution in [0.25, 0.3) is 0 Å². The number of aliphatic hydroxyl groups is 2. The number of rotatable bonds is 42. The lowest BCUT2D eigenvalue weighted by Crippen LogP contribution is -2.45. The topological polar surface area (TPSA) is 69.6 Å². The fourth-order valence-electron chi connectivity index (χ4n) is 7.24. The average molecular weight is 706 g/mol. The first kappa shape index (κ1) is 49.1. The number of hydrogen-bond acceptors (Lipinski definition) is 3. The second-order valence-electron chi connectivity index (χ2n) is 15.8. The van der Waals surface area contributed by atoms with E-state index in [1.165, 1.54) is 212 Å². The highest BCUT2D eigenvalue weighted by Gasteiger charge is 2.17. The summed E-state index contributed by atoms with van der Waals surface area (Å²) in [6.07, 6.45) is 53.2. The van der Waals surface area contributed by atoms with E-state index in [0.717, 1.165) is 25.7 Å². The Kier molecular flexibility index (Phi) is 41.8. The number of nitrogens with one attached hydrogen (secondary N) is 1. The van der Waals surface area contributed by atoms with Crippen molar-refractivity contribution in [2.45, 2.75) is 270 Å². The Morgan fingerprint density at radius 1 is 0.460 bits per heavy atom. The second kappa shape index (κ2) is 42.5. The molecule has 0 aromatic heterocycles. The maximum Gasteiger partial charge on any atom is 0.220 e.